The smallest absolute Gasteiger partial charge is 0.347 e. The first-order valence-corrected chi connectivity index (χ1v) is 14.9. The number of benzene rings is 2. The summed E-state index contributed by atoms with van der Waals surface area (Å²) in [6.07, 6.45) is -11.0. The highest BCUT2D eigenvalue weighted by Gasteiger charge is 2.77. The van der Waals surface area contributed by atoms with Crippen LogP contribution in [-0.4, -0.2) is 116 Å². The molecule has 1 aliphatic rings. The largest absolute Gasteiger partial charge is 0.416 e. The van der Waals surface area contributed by atoms with Crippen LogP contribution >= 0.6 is 0 Å². The molecule has 1 saturated heterocycles. The fourth-order valence-corrected chi connectivity index (χ4v) is 5.79. The number of halogens is 7. The Labute approximate surface area is 285 Å². The number of nitrogens with zero attached hydrogens (tertiary/aromatic N) is 4. The van der Waals surface area contributed by atoms with Crippen LogP contribution < -0.4 is 0 Å². The van der Waals surface area contributed by atoms with Gasteiger partial charge in [-0.05, 0) is 74.2 Å². The van der Waals surface area contributed by atoms with E-state index in [0.717, 1.165) is 35.9 Å². The van der Waals surface area contributed by atoms with E-state index in [0.29, 0.717) is 19.1 Å². The fraction of sp³-hybridized carbons (Fsp3) is 0.533. The Kier molecular flexibility index (Phi) is 11.2. The molecule has 0 radical (unpaired) electrons. The molecule has 51 heavy (non-hydrogen) atoms. The SMILES string of the molecule is CC(=O)N1C(O)(O)C(O)(O)N(CCCN(C(=O)N(C)C(C)c2cc(C(F)(F)F)cc(C(F)(F)F)c2)C(C)c2ccc(F)cc2C)C(O)(O)C1(O)O. The van der Waals surface area contributed by atoms with E-state index >= 15 is 0 Å². The highest BCUT2D eigenvalue weighted by atomic mass is 19.4. The lowest BCUT2D eigenvalue weighted by molar-refractivity contribution is -0.599. The molecule has 2 aromatic rings. The number of aliphatic hydroxyl groups is 8. The van der Waals surface area contributed by atoms with Gasteiger partial charge in [-0.15, -0.1) is 0 Å². The van der Waals surface area contributed by atoms with Crippen LogP contribution in [-0.2, 0) is 17.1 Å². The Bertz CT molecular complexity index is 1570. The van der Waals surface area contributed by atoms with E-state index in [1.807, 2.05) is 0 Å². The lowest BCUT2D eigenvalue weighted by atomic mass is 9.99. The normalized spacial score (nSPS) is 19.7. The van der Waals surface area contributed by atoms with E-state index in [1.165, 1.54) is 19.9 Å². The first-order valence-electron chi connectivity index (χ1n) is 14.9. The summed E-state index contributed by atoms with van der Waals surface area (Å²) < 4.78 is 95.3. The maximum Gasteiger partial charge on any atom is 0.416 e. The van der Waals surface area contributed by atoms with Gasteiger partial charge in [0.05, 0.1) is 23.2 Å². The van der Waals surface area contributed by atoms with Crippen LogP contribution in [0.25, 0.3) is 0 Å². The zero-order chi connectivity index (χ0) is 39.4. The van der Waals surface area contributed by atoms with Crippen molar-refractivity contribution in [3.8, 4) is 0 Å². The Morgan fingerprint density at radius 3 is 1.67 bits per heavy atom. The topological polar surface area (TPSA) is 209 Å². The van der Waals surface area contributed by atoms with E-state index in [4.69, 9.17) is 0 Å². The molecule has 0 aliphatic carbocycles. The van der Waals surface area contributed by atoms with E-state index in [-0.39, 0.29) is 17.2 Å². The number of rotatable bonds is 8. The molecule has 286 valence electrons. The van der Waals surface area contributed by atoms with Crippen molar-refractivity contribution >= 4 is 11.9 Å². The van der Waals surface area contributed by atoms with Gasteiger partial charge >= 0.3 is 42.0 Å². The maximum absolute atomic E-state index is 14.0. The molecule has 14 nitrogen and oxygen atoms in total. The number of alkyl halides is 6. The Morgan fingerprint density at radius 1 is 0.784 bits per heavy atom. The van der Waals surface area contributed by atoms with Gasteiger partial charge in [0.25, 0.3) is 0 Å². The van der Waals surface area contributed by atoms with Crippen LogP contribution in [0.2, 0.25) is 0 Å². The minimum absolute atomic E-state index is 0.0917. The summed E-state index contributed by atoms with van der Waals surface area (Å²) in [4.78, 5) is 26.4. The molecule has 1 heterocycles. The van der Waals surface area contributed by atoms with Gasteiger partial charge in [-0.1, -0.05) is 6.07 Å². The maximum atomic E-state index is 14.0. The van der Waals surface area contributed by atoms with Gasteiger partial charge in [0.1, 0.15) is 5.82 Å². The molecule has 0 saturated carbocycles. The number of amides is 3. The van der Waals surface area contributed by atoms with Crippen molar-refractivity contribution in [3.05, 3.63) is 70.0 Å². The van der Waals surface area contributed by atoms with E-state index in [1.54, 1.807) is 0 Å². The van der Waals surface area contributed by atoms with Gasteiger partial charge in [0, 0.05) is 27.1 Å². The Hall–Kier alpha value is -3.67. The first-order chi connectivity index (χ1) is 22.9. The zero-order valence-corrected chi connectivity index (χ0v) is 27.6. The highest BCUT2D eigenvalue weighted by Crippen LogP contribution is 2.44. The monoisotopic (exact) mass is 746 g/mol. The number of piperazine rings is 1. The second kappa shape index (κ2) is 13.7. The van der Waals surface area contributed by atoms with Crippen molar-refractivity contribution < 1.29 is 81.2 Å². The number of aryl methyl sites for hydroxylation is 1. The van der Waals surface area contributed by atoms with Gasteiger partial charge in [-0.3, -0.25) is 4.79 Å². The summed E-state index contributed by atoms with van der Waals surface area (Å²) in [5.74, 6) is -19.5. The predicted molar refractivity (Wildman–Crippen MR) is 157 cm³/mol. The fourth-order valence-electron chi connectivity index (χ4n) is 5.79. The highest BCUT2D eigenvalue weighted by molar-refractivity contribution is 5.75. The Balaban J connectivity index is 2.04. The second-order valence-corrected chi connectivity index (χ2v) is 12.2. The van der Waals surface area contributed by atoms with Crippen molar-refractivity contribution in [1.29, 1.82) is 0 Å². The molecule has 0 spiro atoms. The van der Waals surface area contributed by atoms with Gasteiger partial charge in [-0.25, -0.2) is 14.1 Å². The summed E-state index contributed by atoms with van der Waals surface area (Å²) in [5, 5.41) is 83.8. The van der Waals surface area contributed by atoms with E-state index in [9.17, 15) is 81.2 Å². The van der Waals surface area contributed by atoms with Crippen molar-refractivity contribution in [2.45, 2.75) is 82.2 Å². The summed E-state index contributed by atoms with van der Waals surface area (Å²) in [5.41, 5.74) is -3.28. The molecule has 3 rings (SSSR count). The Morgan fingerprint density at radius 2 is 1.25 bits per heavy atom. The number of hydrogen-bond donors (Lipinski definition) is 8. The molecule has 1 aliphatic heterocycles. The number of carbonyl (C=O) groups is 2. The van der Waals surface area contributed by atoms with Crippen LogP contribution in [0.5, 0.6) is 0 Å². The number of hydrogen-bond acceptors (Lipinski definition) is 11. The first kappa shape index (κ1) is 41.7. The van der Waals surface area contributed by atoms with Crippen molar-refractivity contribution in [3.63, 3.8) is 0 Å². The van der Waals surface area contributed by atoms with Crippen LogP contribution in [0.3, 0.4) is 0 Å². The molecule has 0 bridgehead atoms. The van der Waals surface area contributed by atoms with Gasteiger partial charge in [0.2, 0.25) is 5.91 Å². The molecule has 21 heteroatoms. The molecule has 2 aromatic carbocycles. The third-order valence-electron chi connectivity index (χ3n) is 8.74. The van der Waals surface area contributed by atoms with Crippen molar-refractivity contribution in [2.75, 3.05) is 20.1 Å². The summed E-state index contributed by atoms with van der Waals surface area (Å²) in [6, 6.07) is 0.552. The van der Waals surface area contributed by atoms with Gasteiger partial charge in [0.15, 0.2) is 0 Å². The predicted octanol–water partition coefficient (Wildman–Crippen LogP) is 1.46. The van der Waals surface area contributed by atoms with Crippen LogP contribution in [0, 0.1) is 12.7 Å². The molecule has 2 unspecified atom stereocenters. The minimum atomic E-state index is -5.19. The molecule has 0 aromatic heterocycles. The van der Waals surface area contributed by atoms with E-state index < -0.39 is 112 Å². The summed E-state index contributed by atoms with van der Waals surface area (Å²) >= 11 is 0. The van der Waals surface area contributed by atoms with Gasteiger partial charge < -0.3 is 50.7 Å². The van der Waals surface area contributed by atoms with Crippen molar-refractivity contribution in [2.24, 2.45) is 0 Å². The van der Waals surface area contributed by atoms with Crippen molar-refractivity contribution in [1.82, 2.24) is 19.6 Å². The number of carbonyl (C=O) groups excluding carboxylic acids is 2. The summed E-state index contributed by atoms with van der Waals surface area (Å²) in [7, 11) is 1.05. The van der Waals surface area contributed by atoms with Crippen LogP contribution in [0.4, 0.5) is 35.5 Å². The van der Waals surface area contributed by atoms with Crippen LogP contribution in [0.15, 0.2) is 36.4 Å². The minimum Gasteiger partial charge on any atom is -0.347 e. The molecule has 2 atom stereocenters. The van der Waals surface area contributed by atoms with Gasteiger partial charge in [-0.2, -0.15) is 31.2 Å². The molecule has 3 amide bonds. The third-order valence-corrected chi connectivity index (χ3v) is 8.74. The average molecular weight is 747 g/mol. The number of urea groups is 1. The standard InChI is InChI=1S/C30H37F7N4O10/c1-15-11-22(31)7-8-23(15)17(3)39(9-6-10-40-27(44,45)29(48,49)41(18(4)42)30(50,51)28(40,46)47)24(43)38(5)16(2)19-12-20(25(32,33)34)14-21(13-19)26(35,36)37/h7-8,11-14,16-17,44-51H,6,9-10H2,1-5H3. The second-order valence-electron chi connectivity index (χ2n) is 12.2. The molecule has 8 N–H and O–H groups in total. The molecular formula is C30H37F7N4O10. The average Bonchev–Trinajstić information content (AvgIpc) is 2.97. The summed E-state index contributed by atoms with van der Waals surface area (Å²) in [6.45, 7) is 2.71. The lowest BCUT2D eigenvalue weighted by Gasteiger charge is -2.60. The third kappa shape index (κ3) is 7.62. The van der Waals surface area contributed by atoms with Crippen LogP contribution in [0.1, 0.15) is 67.1 Å². The molecular weight excluding hydrogens is 709 g/mol. The zero-order valence-electron chi connectivity index (χ0n) is 27.6. The van der Waals surface area contributed by atoms with E-state index in [2.05, 4.69) is 0 Å². The molecule has 1 fully saturated rings. The lowest BCUT2D eigenvalue weighted by Crippen LogP contribution is -2.90. The quantitative estimate of drug-likeness (QED) is 0.143.